The summed E-state index contributed by atoms with van der Waals surface area (Å²) in [6, 6.07) is 9.26. The normalized spacial score (nSPS) is 23.7. The van der Waals surface area contributed by atoms with Crippen molar-refractivity contribution in [2.75, 3.05) is 45.3 Å². The summed E-state index contributed by atoms with van der Waals surface area (Å²) in [6.45, 7) is 9.36. The number of hydrogen-bond acceptors (Lipinski definition) is 4. The molecule has 2 saturated heterocycles. The molecule has 3 rings (SSSR count). The summed E-state index contributed by atoms with van der Waals surface area (Å²) in [6.07, 6.45) is 3.82. The van der Waals surface area contributed by atoms with Crippen LogP contribution in [-0.4, -0.2) is 67.2 Å². The van der Waals surface area contributed by atoms with Crippen LogP contribution in [0.4, 0.5) is 0 Å². The van der Waals surface area contributed by atoms with E-state index in [0.29, 0.717) is 18.6 Å². The molecule has 0 spiro atoms. The maximum Gasteiger partial charge on any atom is 0.119 e. The van der Waals surface area contributed by atoms with Crippen LogP contribution >= 0.6 is 11.6 Å². The summed E-state index contributed by atoms with van der Waals surface area (Å²) in [5, 5.41) is 0. The van der Waals surface area contributed by atoms with Gasteiger partial charge in [0.05, 0.1) is 19.3 Å². The second kappa shape index (κ2) is 9.77. The smallest absolute Gasteiger partial charge is 0.119 e. The van der Waals surface area contributed by atoms with Gasteiger partial charge >= 0.3 is 0 Å². The minimum absolute atomic E-state index is 0.386. The number of piperidine rings is 1. The van der Waals surface area contributed by atoms with Crippen LogP contribution in [0.2, 0.25) is 0 Å². The predicted octanol–water partition coefficient (Wildman–Crippen LogP) is 3.38. The van der Waals surface area contributed by atoms with Gasteiger partial charge in [0.25, 0.3) is 0 Å². The summed E-state index contributed by atoms with van der Waals surface area (Å²) in [5.41, 5.74) is 1.36. The molecule has 1 aromatic rings. The first kappa shape index (κ1) is 19.0. The number of nitrogens with zero attached hydrogens (tertiary/aromatic N) is 2. The molecule has 0 N–H and O–H groups in total. The lowest BCUT2D eigenvalue weighted by molar-refractivity contribution is -0.0437. The Morgan fingerprint density at radius 3 is 2.60 bits per heavy atom. The molecule has 2 aliphatic heterocycles. The van der Waals surface area contributed by atoms with Gasteiger partial charge in [-0.05, 0) is 57.0 Å². The molecule has 2 fully saturated rings. The quantitative estimate of drug-likeness (QED) is 0.545. The highest BCUT2D eigenvalue weighted by atomic mass is 35.5. The van der Waals surface area contributed by atoms with Gasteiger partial charge in [0.2, 0.25) is 0 Å². The maximum atomic E-state index is 5.67. The second-order valence-electron chi connectivity index (χ2n) is 7.22. The van der Waals surface area contributed by atoms with E-state index in [4.69, 9.17) is 21.1 Å². The molecular formula is C20H31ClN2O2. The summed E-state index contributed by atoms with van der Waals surface area (Å²) in [5.74, 6) is 1.59. The molecule has 0 bridgehead atoms. The van der Waals surface area contributed by atoms with Crippen LogP contribution in [0.3, 0.4) is 0 Å². The van der Waals surface area contributed by atoms with E-state index in [0.717, 1.165) is 44.5 Å². The van der Waals surface area contributed by atoms with Crippen molar-refractivity contribution in [1.82, 2.24) is 9.80 Å². The Kier molecular flexibility index (Phi) is 7.41. The highest BCUT2D eigenvalue weighted by molar-refractivity contribution is 6.17. The molecule has 0 aromatic heterocycles. The van der Waals surface area contributed by atoms with Crippen molar-refractivity contribution < 1.29 is 9.47 Å². The molecule has 4 nitrogen and oxygen atoms in total. The average molecular weight is 367 g/mol. The van der Waals surface area contributed by atoms with E-state index >= 15 is 0 Å². The zero-order valence-electron chi connectivity index (χ0n) is 15.3. The van der Waals surface area contributed by atoms with Crippen LogP contribution in [0.15, 0.2) is 24.3 Å². The van der Waals surface area contributed by atoms with Gasteiger partial charge in [-0.3, -0.25) is 9.80 Å². The summed E-state index contributed by atoms with van der Waals surface area (Å²) in [7, 11) is 0. The van der Waals surface area contributed by atoms with Crippen LogP contribution in [0, 0.1) is 0 Å². The third-order valence-corrected chi connectivity index (χ3v) is 5.49. The van der Waals surface area contributed by atoms with Crippen LogP contribution in [0.25, 0.3) is 0 Å². The lowest BCUT2D eigenvalue weighted by atomic mass is 10.0. The lowest BCUT2D eigenvalue weighted by Crippen LogP contribution is -2.50. The van der Waals surface area contributed by atoms with Crippen molar-refractivity contribution in [1.29, 1.82) is 0 Å². The number of ether oxygens (including phenoxy) is 2. The van der Waals surface area contributed by atoms with Gasteiger partial charge in [-0.2, -0.15) is 0 Å². The number of rotatable bonds is 7. The number of halogens is 1. The summed E-state index contributed by atoms with van der Waals surface area (Å²) >= 11 is 5.67. The van der Waals surface area contributed by atoms with Crippen LogP contribution < -0.4 is 4.74 Å². The van der Waals surface area contributed by atoms with E-state index in [1.165, 1.54) is 31.5 Å². The molecule has 5 heteroatoms. The second-order valence-corrected chi connectivity index (χ2v) is 7.60. The Hall–Kier alpha value is -0.810. The number of alkyl halides is 1. The zero-order chi connectivity index (χ0) is 17.5. The summed E-state index contributed by atoms with van der Waals surface area (Å²) < 4.78 is 11.3. The van der Waals surface area contributed by atoms with E-state index < -0.39 is 0 Å². The highest BCUT2D eigenvalue weighted by Crippen LogP contribution is 2.21. The number of morpholine rings is 1. The van der Waals surface area contributed by atoms with Crippen molar-refractivity contribution in [3.05, 3.63) is 29.8 Å². The van der Waals surface area contributed by atoms with Crippen molar-refractivity contribution in [2.24, 2.45) is 0 Å². The molecule has 1 aromatic carbocycles. The van der Waals surface area contributed by atoms with E-state index in [9.17, 15) is 0 Å². The highest BCUT2D eigenvalue weighted by Gasteiger charge is 2.27. The fourth-order valence-corrected chi connectivity index (χ4v) is 3.92. The third-order valence-electron chi connectivity index (χ3n) is 5.22. The largest absolute Gasteiger partial charge is 0.494 e. The lowest BCUT2D eigenvalue weighted by Gasteiger charge is -2.41. The zero-order valence-corrected chi connectivity index (χ0v) is 16.1. The fourth-order valence-electron chi connectivity index (χ4n) is 3.81. The molecule has 1 unspecified atom stereocenters. The van der Waals surface area contributed by atoms with Gasteiger partial charge in [-0.25, -0.2) is 0 Å². The molecule has 0 aliphatic carbocycles. The number of benzene rings is 1. The van der Waals surface area contributed by atoms with Crippen molar-refractivity contribution in [3.8, 4) is 5.75 Å². The Balaban J connectivity index is 1.41. The molecule has 2 aliphatic rings. The van der Waals surface area contributed by atoms with E-state index in [1.807, 2.05) is 0 Å². The molecule has 2 heterocycles. The van der Waals surface area contributed by atoms with Crippen molar-refractivity contribution >= 4 is 11.6 Å². The van der Waals surface area contributed by atoms with Crippen LogP contribution in [0.1, 0.15) is 31.7 Å². The Morgan fingerprint density at radius 1 is 1.16 bits per heavy atom. The van der Waals surface area contributed by atoms with Crippen molar-refractivity contribution in [2.45, 2.75) is 44.9 Å². The van der Waals surface area contributed by atoms with Crippen molar-refractivity contribution in [3.63, 3.8) is 0 Å². The predicted molar refractivity (Wildman–Crippen MR) is 103 cm³/mol. The monoisotopic (exact) mass is 366 g/mol. The van der Waals surface area contributed by atoms with Gasteiger partial charge in [-0.1, -0.05) is 12.1 Å². The van der Waals surface area contributed by atoms with Gasteiger partial charge < -0.3 is 9.47 Å². The van der Waals surface area contributed by atoms with Gasteiger partial charge in [0, 0.05) is 31.6 Å². The van der Waals surface area contributed by atoms with Crippen LogP contribution in [0.5, 0.6) is 5.75 Å². The standard InChI is InChI=1S/C20H31ClN2O2/c1-17-15-23(12-14-24-17)19-7-10-22(11-8-19)16-18-3-5-20(6-4-18)25-13-2-9-21/h3-6,17,19H,2,7-16H2,1H3. The van der Waals surface area contributed by atoms with E-state index in [2.05, 4.69) is 41.0 Å². The van der Waals surface area contributed by atoms with E-state index in [-0.39, 0.29) is 0 Å². The van der Waals surface area contributed by atoms with Gasteiger partial charge in [0.15, 0.2) is 0 Å². The molecule has 0 saturated carbocycles. The first-order chi connectivity index (χ1) is 12.2. The average Bonchev–Trinajstić information content (AvgIpc) is 2.64. The summed E-state index contributed by atoms with van der Waals surface area (Å²) in [4.78, 5) is 5.21. The third kappa shape index (κ3) is 5.85. The molecule has 0 radical (unpaired) electrons. The van der Waals surface area contributed by atoms with Gasteiger partial charge in [0.1, 0.15) is 5.75 Å². The molecule has 25 heavy (non-hydrogen) atoms. The first-order valence-electron chi connectivity index (χ1n) is 9.60. The topological polar surface area (TPSA) is 24.9 Å². The Bertz CT molecular complexity index is 503. The van der Waals surface area contributed by atoms with E-state index in [1.54, 1.807) is 0 Å². The Labute approximate surface area is 157 Å². The maximum absolute atomic E-state index is 5.67. The van der Waals surface area contributed by atoms with Crippen LogP contribution in [-0.2, 0) is 11.3 Å². The molecule has 1 atom stereocenters. The molecule has 140 valence electrons. The van der Waals surface area contributed by atoms with Gasteiger partial charge in [-0.15, -0.1) is 11.6 Å². The molecular weight excluding hydrogens is 336 g/mol. The fraction of sp³-hybridized carbons (Fsp3) is 0.700. The number of hydrogen-bond donors (Lipinski definition) is 0. The Morgan fingerprint density at radius 2 is 1.92 bits per heavy atom. The first-order valence-corrected chi connectivity index (χ1v) is 10.1. The minimum Gasteiger partial charge on any atom is -0.494 e. The number of likely N-dealkylation sites (tertiary alicyclic amines) is 1. The molecule has 0 amide bonds. The SMILES string of the molecule is CC1CN(C2CCN(Cc3ccc(OCCCCl)cc3)CC2)CCO1. The minimum atomic E-state index is 0.386.